The number of aromatic nitrogens is 2. The van der Waals surface area contributed by atoms with E-state index in [4.69, 9.17) is 0 Å². The van der Waals surface area contributed by atoms with E-state index in [0.29, 0.717) is 42.4 Å². The van der Waals surface area contributed by atoms with Crippen LogP contribution in [0.15, 0.2) is 54.7 Å². The minimum Gasteiger partial charge on any atom is -0.350 e. The van der Waals surface area contributed by atoms with E-state index in [-0.39, 0.29) is 35.8 Å². The molecule has 0 bridgehead atoms. The third-order valence-electron chi connectivity index (χ3n) is 6.71. The molecule has 3 N–H and O–H groups in total. The van der Waals surface area contributed by atoms with Gasteiger partial charge in [0.15, 0.2) is 0 Å². The Morgan fingerprint density at radius 3 is 2.62 bits per heavy atom. The number of sulfonamides is 1. The zero-order valence-electron chi connectivity index (χ0n) is 22.1. The van der Waals surface area contributed by atoms with Crippen molar-refractivity contribution in [2.24, 2.45) is 0 Å². The summed E-state index contributed by atoms with van der Waals surface area (Å²) in [6.45, 7) is 4.66. The zero-order chi connectivity index (χ0) is 28.4. The van der Waals surface area contributed by atoms with E-state index in [1.54, 1.807) is 36.5 Å². The lowest BCUT2D eigenvalue weighted by molar-refractivity contribution is 0.248. The van der Waals surface area contributed by atoms with Crippen LogP contribution in [0.4, 0.5) is 36.7 Å². The number of nitrogens with zero attached hydrogens (tertiary/aromatic N) is 4. The standard InChI is InChI=1S/C27H31F2N7O3S/c1-17(2)36-25-19(12-31-26(33-25)32-21-10-20(28)13-30-14-21)15-35(27(36)37)22-8-9-24(23(29)11-22)34-40(38,39)16-18-6-4-3-5-7-18/h3-9,11-12,17,20-21,30,34H,10,13-16H2,1-2H3,(H,31,32,33)/t20-,21-/m0/s1. The number of piperidine rings is 1. The summed E-state index contributed by atoms with van der Waals surface area (Å²) < 4.78 is 56.4. The largest absolute Gasteiger partial charge is 0.350 e. The molecule has 3 aromatic rings. The van der Waals surface area contributed by atoms with Crippen LogP contribution in [0.5, 0.6) is 0 Å². The fraction of sp³-hybridized carbons (Fsp3) is 0.370. The first kappa shape index (κ1) is 27.7. The van der Waals surface area contributed by atoms with Gasteiger partial charge in [0.05, 0.1) is 18.0 Å². The van der Waals surface area contributed by atoms with Gasteiger partial charge in [-0.15, -0.1) is 0 Å². The van der Waals surface area contributed by atoms with Crippen LogP contribution in [-0.2, 0) is 22.3 Å². The minimum atomic E-state index is -3.86. The van der Waals surface area contributed by atoms with Crippen LogP contribution in [0.25, 0.3) is 0 Å². The molecule has 1 aromatic heterocycles. The number of urea groups is 1. The van der Waals surface area contributed by atoms with Crippen molar-refractivity contribution < 1.29 is 22.0 Å². The lowest BCUT2D eigenvalue weighted by Crippen LogP contribution is -2.51. The van der Waals surface area contributed by atoms with Gasteiger partial charge in [-0.2, -0.15) is 4.98 Å². The van der Waals surface area contributed by atoms with E-state index < -0.39 is 28.0 Å². The van der Waals surface area contributed by atoms with Gasteiger partial charge in [-0.3, -0.25) is 14.5 Å². The molecule has 10 nitrogen and oxygen atoms in total. The van der Waals surface area contributed by atoms with Crippen molar-refractivity contribution in [2.75, 3.05) is 32.9 Å². The van der Waals surface area contributed by atoms with Gasteiger partial charge in [0.1, 0.15) is 17.8 Å². The second-order valence-corrected chi connectivity index (χ2v) is 11.9. The van der Waals surface area contributed by atoms with E-state index in [1.165, 1.54) is 21.9 Å². The van der Waals surface area contributed by atoms with Gasteiger partial charge >= 0.3 is 6.03 Å². The van der Waals surface area contributed by atoms with Crippen molar-refractivity contribution in [3.8, 4) is 0 Å². The average molecular weight is 572 g/mol. The lowest BCUT2D eigenvalue weighted by atomic mass is 10.1. The summed E-state index contributed by atoms with van der Waals surface area (Å²) in [7, 11) is -3.86. The van der Waals surface area contributed by atoms with Crippen LogP contribution in [0, 0.1) is 5.82 Å². The third-order valence-corrected chi connectivity index (χ3v) is 7.96. The van der Waals surface area contributed by atoms with E-state index in [9.17, 15) is 17.6 Å². The van der Waals surface area contributed by atoms with Crippen LogP contribution in [-0.4, -0.2) is 55.8 Å². The Hall–Kier alpha value is -3.84. The van der Waals surface area contributed by atoms with Crippen LogP contribution in [0.3, 0.4) is 0 Å². The molecule has 5 rings (SSSR count). The predicted octanol–water partition coefficient (Wildman–Crippen LogP) is 4.02. The molecule has 0 radical (unpaired) electrons. The molecule has 1 fully saturated rings. The molecule has 2 amide bonds. The molecule has 40 heavy (non-hydrogen) atoms. The highest BCUT2D eigenvalue weighted by Crippen LogP contribution is 2.34. The Kier molecular flexibility index (Phi) is 7.86. The molecular weight excluding hydrogens is 540 g/mol. The van der Waals surface area contributed by atoms with Gasteiger partial charge < -0.3 is 10.6 Å². The number of fused-ring (bicyclic) bond motifs is 1. The Morgan fingerprint density at radius 1 is 1.15 bits per heavy atom. The normalized spacial score (nSPS) is 19.5. The Balaban J connectivity index is 1.36. The summed E-state index contributed by atoms with van der Waals surface area (Å²) in [6.07, 6.45) is 0.973. The number of benzene rings is 2. The molecule has 2 aromatic carbocycles. The number of anilines is 4. The Morgan fingerprint density at radius 2 is 1.93 bits per heavy atom. The summed E-state index contributed by atoms with van der Waals surface area (Å²) in [5.41, 5.74) is 1.27. The zero-order valence-corrected chi connectivity index (χ0v) is 23.0. The van der Waals surface area contributed by atoms with Gasteiger partial charge in [0.2, 0.25) is 16.0 Å². The van der Waals surface area contributed by atoms with E-state index >= 15 is 4.39 Å². The number of hydrogen-bond acceptors (Lipinski definition) is 7. The van der Waals surface area contributed by atoms with Gasteiger partial charge in [-0.1, -0.05) is 30.3 Å². The summed E-state index contributed by atoms with van der Waals surface area (Å²) in [6, 6.07) is 11.6. The summed E-state index contributed by atoms with van der Waals surface area (Å²) >= 11 is 0. The van der Waals surface area contributed by atoms with E-state index in [1.807, 2.05) is 13.8 Å². The smallest absolute Gasteiger partial charge is 0.330 e. The maximum atomic E-state index is 15.1. The summed E-state index contributed by atoms with van der Waals surface area (Å²) in [5.74, 6) is -0.390. The second kappa shape index (κ2) is 11.3. The van der Waals surface area contributed by atoms with Crippen molar-refractivity contribution in [3.05, 3.63) is 71.7 Å². The highest BCUT2D eigenvalue weighted by atomic mass is 32.2. The van der Waals surface area contributed by atoms with Gasteiger partial charge in [0, 0.05) is 49.0 Å². The molecule has 1 saturated heterocycles. The number of nitrogens with one attached hydrogen (secondary N) is 3. The molecular formula is C27H31F2N7O3S. The second-order valence-electron chi connectivity index (χ2n) is 10.2. The van der Waals surface area contributed by atoms with Crippen LogP contribution in [0.2, 0.25) is 0 Å². The molecule has 0 unspecified atom stereocenters. The topological polar surface area (TPSA) is 120 Å². The monoisotopic (exact) mass is 571 g/mol. The van der Waals surface area contributed by atoms with Gasteiger partial charge in [-0.05, 0) is 37.6 Å². The van der Waals surface area contributed by atoms with Crippen molar-refractivity contribution in [1.82, 2.24) is 15.3 Å². The first-order chi connectivity index (χ1) is 19.1. The van der Waals surface area contributed by atoms with Crippen molar-refractivity contribution in [1.29, 1.82) is 0 Å². The van der Waals surface area contributed by atoms with Crippen molar-refractivity contribution >= 4 is 39.2 Å². The molecule has 2 atom stereocenters. The fourth-order valence-corrected chi connectivity index (χ4v) is 6.05. The Bertz CT molecular complexity index is 1490. The molecule has 2 aliphatic heterocycles. The molecule has 212 valence electrons. The van der Waals surface area contributed by atoms with Crippen LogP contribution < -0.4 is 25.2 Å². The van der Waals surface area contributed by atoms with Gasteiger partial charge in [0.25, 0.3) is 0 Å². The number of hydrogen-bond donors (Lipinski definition) is 3. The highest BCUT2D eigenvalue weighted by Gasteiger charge is 2.35. The number of rotatable bonds is 8. The molecule has 0 spiro atoms. The van der Waals surface area contributed by atoms with Gasteiger partial charge in [-0.25, -0.2) is 27.0 Å². The third kappa shape index (κ3) is 6.15. The van der Waals surface area contributed by atoms with E-state index in [0.717, 1.165) is 6.07 Å². The molecule has 13 heteroatoms. The highest BCUT2D eigenvalue weighted by molar-refractivity contribution is 7.91. The van der Waals surface area contributed by atoms with Crippen LogP contribution in [0.1, 0.15) is 31.4 Å². The average Bonchev–Trinajstić information content (AvgIpc) is 2.89. The number of halogens is 2. The lowest BCUT2D eigenvalue weighted by Gasteiger charge is -2.38. The summed E-state index contributed by atoms with van der Waals surface area (Å²) in [4.78, 5) is 25.4. The first-order valence-electron chi connectivity index (χ1n) is 13.0. The molecule has 3 heterocycles. The van der Waals surface area contributed by atoms with Crippen LogP contribution >= 0.6 is 0 Å². The number of amides is 2. The Labute approximate surface area is 231 Å². The van der Waals surface area contributed by atoms with E-state index in [2.05, 4.69) is 25.3 Å². The maximum Gasteiger partial charge on any atom is 0.330 e. The first-order valence-corrected chi connectivity index (χ1v) is 14.7. The maximum absolute atomic E-state index is 15.1. The quantitative estimate of drug-likeness (QED) is 0.374. The number of carbonyl (C=O) groups excluding carboxylic acids is 1. The van der Waals surface area contributed by atoms with Crippen molar-refractivity contribution in [2.45, 2.75) is 50.8 Å². The fourth-order valence-electron chi connectivity index (χ4n) is 4.85. The number of carbonyl (C=O) groups is 1. The predicted molar refractivity (Wildman–Crippen MR) is 150 cm³/mol. The van der Waals surface area contributed by atoms with Crippen molar-refractivity contribution in [3.63, 3.8) is 0 Å². The number of alkyl halides is 1. The minimum absolute atomic E-state index is 0.0910. The molecule has 2 aliphatic rings. The molecule has 0 saturated carbocycles. The summed E-state index contributed by atoms with van der Waals surface area (Å²) in [5, 5.41) is 6.17. The SMILES string of the molecule is CC(C)N1C(=O)N(c2ccc(NS(=O)(=O)Cc3ccccc3)c(F)c2)Cc2cnc(N[C@@H]3CNC[C@@H](F)C3)nc21. The molecule has 0 aliphatic carbocycles.